The largest absolute Gasteiger partial charge is 0.393 e. The highest BCUT2D eigenvalue weighted by Gasteiger charge is 2.62. The summed E-state index contributed by atoms with van der Waals surface area (Å²) in [4.78, 5) is 11.9. The van der Waals surface area contributed by atoms with E-state index in [1.807, 2.05) is 13.8 Å². The second kappa shape index (κ2) is 6.39. The molecule has 0 amide bonds. The van der Waals surface area contributed by atoms with Crippen molar-refractivity contribution < 1.29 is 15.0 Å². The molecular weight excluding hydrogens is 300 g/mol. The van der Waals surface area contributed by atoms with E-state index in [9.17, 15) is 15.0 Å². The first kappa shape index (κ1) is 18.4. The molecule has 4 aliphatic carbocycles. The van der Waals surface area contributed by atoms with Crippen LogP contribution in [0.5, 0.6) is 0 Å². The second-order valence-electron chi connectivity index (χ2n) is 9.19. The molecule has 0 bridgehead atoms. The van der Waals surface area contributed by atoms with E-state index >= 15 is 0 Å². The molecule has 0 spiro atoms. The number of aliphatic hydroxyl groups excluding tert-OH is 2. The van der Waals surface area contributed by atoms with Crippen LogP contribution in [0.2, 0.25) is 0 Å². The predicted octanol–water partition coefficient (Wildman–Crippen LogP) is 3.96. The van der Waals surface area contributed by atoms with Gasteiger partial charge in [0.2, 0.25) is 0 Å². The third kappa shape index (κ3) is 2.49. The summed E-state index contributed by atoms with van der Waals surface area (Å²) in [6.45, 7) is 8.55. The number of ketones is 1. The normalized spacial score (nSPS) is 53.3. The molecule has 2 N–H and O–H groups in total. The minimum atomic E-state index is -0.306. The minimum absolute atomic E-state index is 0.0890. The summed E-state index contributed by atoms with van der Waals surface area (Å²) in [5.41, 5.74) is 0.0411. The van der Waals surface area contributed by atoms with Crippen LogP contribution in [-0.4, -0.2) is 28.2 Å². The number of hydrogen-bond donors (Lipinski definition) is 2. The van der Waals surface area contributed by atoms with Crippen molar-refractivity contribution in [2.24, 2.45) is 34.5 Å². The maximum absolute atomic E-state index is 11.9. The van der Waals surface area contributed by atoms with Crippen LogP contribution in [0, 0.1) is 34.5 Å². The number of carbonyl (C=O) groups is 1. The lowest BCUT2D eigenvalue weighted by molar-refractivity contribution is -0.177. The number of aliphatic hydroxyl groups is 2. The maximum Gasteiger partial charge on any atom is 0.133 e. The van der Waals surface area contributed by atoms with Crippen LogP contribution in [0.25, 0.3) is 0 Å². The SMILES string of the molecule is CC.CC12CC(O)C3C(CCC4CC(=O)CCC43C)C1CCC2O. The van der Waals surface area contributed by atoms with Crippen molar-refractivity contribution in [3.8, 4) is 0 Å². The van der Waals surface area contributed by atoms with E-state index in [2.05, 4.69) is 13.8 Å². The predicted molar refractivity (Wildman–Crippen MR) is 95.5 cm³/mol. The summed E-state index contributed by atoms with van der Waals surface area (Å²) in [7, 11) is 0. The molecule has 0 aromatic carbocycles. The zero-order valence-corrected chi connectivity index (χ0v) is 15.9. The Balaban J connectivity index is 0.000000815. The van der Waals surface area contributed by atoms with Gasteiger partial charge in [-0.2, -0.15) is 0 Å². The number of Topliss-reactive ketones (excluding diaryl/α,β-unsaturated/α-hetero) is 1. The first-order valence-corrected chi connectivity index (χ1v) is 10.2. The van der Waals surface area contributed by atoms with Crippen molar-refractivity contribution in [1.29, 1.82) is 0 Å². The Bertz CT molecular complexity index is 489. The number of hydrogen-bond acceptors (Lipinski definition) is 3. The molecular formula is C21H36O3. The van der Waals surface area contributed by atoms with Gasteiger partial charge in [0.1, 0.15) is 5.78 Å². The van der Waals surface area contributed by atoms with Gasteiger partial charge in [0, 0.05) is 12.8 Å². The van der Waals surface area contributed by atoms with E-state index in [4.69, 9.17) is 0 Å². The van der Waals surface area contributed by atoms with E-state index in [1.165, 1.54) is 0 Å². The van der Waals surface area contributed by atoms with Crippen LogP contribution in [0.1, 0.15) is 79.1 Å². The lowest BCUT2D eigenvalue weighted by Crippen LogP contribution is -2.59. The van der Waals surface area contributed by atoms with Crippen LogP contribution in [0.4, 0.5) is 0 Å². The van der Waals surface area contributed by atoms with Crippen LogP contribution in [-0.2, 0) is 4.79 Å². The minimum Gasteiger partial charge on any atom is -0.393 e. The number of carbonyl (C=O) groups excluding carboxylic acids is 1. The molecule has 4 aliphatic rings. The van der Waals surface area contributed by atoms with Gasteiger partial charge < -0.3 is 10.2 Å². The van der Waals surface area contributed by atoms with Gasteiger partial charge in [0.25, 0.3) is 0 Å². The molecule has 0 saturated heterocycles. The topological polar surface area (TPSA) is 57.5 Å². The van der Waals surface area contributed by atoms with Crippen LogP contribution >= 0.6 is 0 Å². The standard InChI is InChI=1S/C19H30O3.C2H6/c1-18-8-7-12(20)9-11(18)3-4-13-14-5-6-16(22)19(14,2)10-15(21)17(13)18;1-2/h11,13-17,21-22H,3-10H2,1-2H3;1-2H3. The molecule has 0 heterocycles. The highest BCUT2D eigenvalue weighted by Crippen LogP contribution is 2.65. The average Bonchev–Trinajstić information content (AvgIpc) is 2.85. The molecule has 138 valence electrons. The first-order valence-electron chi connectivity index (χ1n) is 10.2. The Morgan fingerprint density at radius 3 is 2.42 bits per heavy atom. The van der Waals surface area contributed by atoms with Crippen LogP contribution in [0.3, 0.4) is 0 Å². The van der Waals surface area contributed by atoms with E-state index in [1.54, 1.807) is 0 Å². The van der Waals surface area contributed by atoms with Gasteiger partial charge >= 0.3 is 0 Å². The van der Waals surface area contributed by atoms with Crippen molar-refractivity contribution in [3.63, 3.8) is 0 Å². The summed E-state index contributed by atoms with van der Waals surface area (Å²) < 4.78 is 0. The van der Waals surface area contributed by atoms with Gasteiger partial charge in [0.15, 0.2) is 0 Å². The quantitative estimate of drug-likeness (QED) is 0.704. The molecule has 3 heteroatoms. The van der Waals surface area contributed by atoms with Gasteiger partial charge in [-0.1, -0.05) is 27.7 Å². The molecule has 0 aliphatic heterocycles. The Morgan fingerprint density at radius 2 is 1.71 bits per heavy atom. The molecule has 24 heavy (non-hydrogen) atoms. The van der Waals surface area contributed by atoms with E-state index in [0.29, 0.717) is 35.9 Å². The summed E-state index contributed by atoms with van der Waals surface area (Å²) in [6, 6.07) is 0. The Kier molecular flexibility index (Phi) is 4.90. The zero-order chi connectivity index (χ0) is 17.7. The van der Waals surface area contributed by atoms with Gasteiger partial charge in [-0.25, -0.2) is 0 Å². The summed E-state index contributed by atoms with van der Waals surface area (Å²) in [5, 5.41) is 21.5. The lowest BCUT2D eigenvalue weighted by Gasteiger charge is -2.61. The van der Waals surface area contributed by atoms with Gasteiger partial charge in [-0.3, -0.25) is 4.79 Å². The van der Waals surface area contributed by atoms with E-state index in [-0.39, 0.29) is 23.0 Å². The fourth-order valence-electron chi connectivity index (χ4n) is 7.14. The van der Waals surface area contributed by atoms with Crippen molar-refractivity contribution in [2.75, 3.05) is 0 Å². The molecule has 4 rings (SSSR count). The molecule has 0 aromatic rings. The lowest BCUT2D eigenvalue weighted by atomic mass is 9.44. The summed E-state index contributed by atoms with van der Waals surface area (Å²) >= 11 is 0. The maximum atomic E-state index is 11.9. The highest BCUT2D eigenvalue weighted by molar-refractivity contribution is 5.79. The second-order valence-corrected chi connectivity index (χ2v) is 9.19. The van der Waals surface area contributed by atoms with Gasteiger partial charge in [-0.15, -0.1) is 0 Å². The third-order valence-corrected chi connectivity index (χ3v) is 8.36. The molecule has 8 unspecified atom stereocenters. The van der Waals surface area contributed by atoms with Gasteiger partial charge in [-0.05, 0) is 73.0 Å². The molecule has 0 radical (unpaired) electrons. The summed E-state index contributed by atoms with van der Waals surface area (Å²) in [5.74, 6) is 2.34. The fraction of sp³-hybridized carbons (Fsp3) is 0.952. The van der Waals surface area contributed by atoms with Crippen molar-refractivity contribution in [1.82, 2.24) is 0 Å². The molecule has 0 aromatic heterocycles. The molecule has 8 atom stereocenters. The third-order valence-electron chi connectivity index (χ3n) is 8.36. The van der Waals surface area contributed by atoms with Crippen LogP contribution < -0.4 is 0 Å². The van der Waals surface area contributed by atoms with Crippen LogP contribution in [0.15, 0.2) is 0 Å². The van der Waals surface area contributed by atoms with Crippen molar-refractivity contribution in [3.05, 3.63) is 0 Å². The smallest absolute Gasteiger partial charge is 0.133 e. The molecule has 3 nitrogen and oxygen atoms in total. The number of rotatable bonds is 0. The van der Waals surface area contributed by atoms with E-state index in [0.717, 1.165) is 44.9 Å². The Labute approximate surface area is 147 Å². The first-order chi connectivity index (χ1) is 11.4. The zero-order valence-electron chi connectivity index (χ0n) is 15.9. The number of fused-ring (bicyclic) bond motifs is 5. The highest BCUT2D eigenvalue weighted by atomic mass is 16.3. The summed E-state index contributed by atoms with van der Waals surface area (Å²) in [6.07, 6.45) is 6.88. The monoisotopic (exact) mass is 336 g/mol. The molecule has 4 fully saturated rings. The van der Waals surface area contributed by atoms with E-state index < -0.39 is 0 Å². The Morgan fingerprint density at radius 1 is 1.00 bits per heavy atom. The molecule has 4 saturated carbocycles. The average molecular weight is 337 g/mol. The Hall–Kier alpha value is -0.410. The van der Waals surface area contributed by atoms with Gasteiger partial charge in [0.05, 0.1) is 12.2 Å². The fourth-order valence-corrected chi connectivity index (χ4v) is 7.14. The van der Waals surface area contributed by atoms with Crippen molar-refractivity contribution in [2.45, 2.75) is 91.3 Å². The van der Waals surface area contributed by atoms with Crippen molar-refractivity contribution >= 4 is 5.78 Å².